The molecule has 36 heavy (non-hydrogen) atoms. The van der Waals surface area contributed by atoms with Crippen molar-refractivity contribution in [2.75, 3.05) is 0 Å². The minimum atomic E-state index is -1.50. The van der Waals surface area contributed by atoms with Crippen molar-refractivity contribution >= 4 is 11.9 Å². The fourth-order valence-corrected chi connectivity index (χ4v) is 5.55. The van der Waals surface area contributed by atoms with Gasteiger partial charge in [-0.3, -0.25) is 0 Å². The van der Waals surface area contributed by atoms with Gasteiger partial charge in [0, 0.05) is 0 Å². The molecular weight excluding hydrogens is 462 g/mol. The van der Waals surface area contributed by atoms with Crippen LogP contribution in [0.3, 0.4) is 0 Å². The van der Waals surface area contributed by atoms with Crippen molar-refractivity contribution in [1.82, 2.24) is 0 Å². The molecule has 3 rings (SSSR count). The highest BCUT2D eigenvalue weighted by molar-refractivity contribution is 5.75. The molecule has 0 saturated heterocycles. The summed E-state index contributed by atoms with van der Waals surface area (Å²) in [6.45, 7) is 3.96. The molecule has 1 aromatic rings. The third-order valence-corrected chi connectivity index (χ3v) is 7.93. The summed E-state index contributed by atoms with van der Waals surface area (Å²) in [5.41, 5.74) is 2.61. The number of carbonyl (C=O) groups excluding carboxylic acids is 2. The molecule has 6 heteroatoms. The highest BCUT2D eigenvalue weighted by atomic mass is 19.1. The Morgan fingerprint density at radius 1 is 0.694 bits per heavy atom. The van der Waals surface area contributed by atoms with Crippen LogP contribution in [-0.4, -0.2) is 36.5 Å². The number of esters is 2. The maximum atomic E-state index is 13.9. The van der Waals surface area contributed by atoms with Crippen LogP contribution in [0.4, 0.5) is 8.78 Å². The van der Waals surface area contributed by atoms with E-state index >= 15 is 0 Å². The fraction of sp³-hybridized carbons (Fsp3) is 0.733. The van der Waals surface area contributed by atoms with E-state index in [1.807, 2.05) is 13.8 Å². The molecular formula is C30H44F2O4. The summed E-state index contributed by atoms with van der Waals surface area (Å²) < 4.78 is 38.7. The fourth-order valence-electron chi connectivity index (χ4n) is 5.55. The zero-order valence-electron chi connectivity index (χ0n) is 22.1. The number of alkyl halides is 2. The molecule has 2 atom stereocenters. The van der Waals surface area contributed by atoms with Crippen LogP contribution < -0.4 is 0 Å². The predicted octanol–water partition coefficient (Wildman–Crippen LogP) is 7.88. The van der Waals surface area contributed by atoms with E-state index in [0.29, 0.717) is 24.7 Å². The summed E-state index contributed by atoms with van der Waals surface area (Å²) in [6, 6.07) is 8.84. The number of carbonyl (C=O) groups is 2. The number of hydrogen-bond acceptors (Lipinski definition) is 4. The summed E-state index contributed by atoms with van der Waals surface area (Å²) in [4.78, 5) is 23.9. The molecule has 0 aromatic heterocycles. The maximum absolute atomic E-state index is 13.9. The first-order valence-electron chi connectivity index (χ1n) is 14.2. The van der Waals surface area contributed by atoms with Crippen LogP contribution in [-0.2, 0) is 19.1 Å². The average Bonchev–Trinajstić information content (AvgIpc) is 2.91. The Kier molecular flexibility index (Phi) is 11.7. The van der Waals surface area contributed by atoms with Crippen molar-refractivity contribution < 1.29 is 27.8 Å². The van der Waals surface area contributed by atoms with Gasteiger partial charge in [0.25, 0.3) is 0 Å². The number of rotatable bonds is 12. The van der Waals surface area contributed by atoms with Crippen molar-refractivity contribution in [1.29, 1.82) is 0 Å². The molecule has 2 unspecified atom stereocenters. The van der Waals surface area contributed by atoms with E-state index in [4.69, 9.17) is 9.47 Å². The van der Waals surface area contributed by atoms with Gasteiger partial charge in [-0.25, -0.2) is 18.4 Å². The maximum Gasteiger partial charge on any atom is 0.340 e. The molecule has 2 aliphatic rings. The highest BCUT2D eigenvalue weighted by Crippen LogP contribution is 2.37. The quantitative estimate of drug-likeness (QED) is 0.271. The minimum absolute atomic E-state index is 0.170. The van der Waals surface area contributed by atoms with Gasteiger partial charge in [-0.2, -0.15) is 0 Å². The van der Waals surface area contributed by atoms with Gasteiger partial charge in [-0.05, 0) is 87.2 Å². The summed E-state index contributed by atoms with van der Waals surface area (Å²) in [5.74, 6) is -0.512. The van der Waals surface area contributed by atoms with Crippen LogP contribution in [0.25, 0.3) is 0 Å². The molecule has 4 nitrogen and oxygen atoms in total. The molecule has 0 bridgehead atoms. The van der Waals surface area contributed by atoms with Crippen molar-refractivity contribution in [2.24, 2.45) is 0 Å². The third-order valence-electron chi connectivity index (χ3n) is 7.93. The van der Waals surface area contributed by atoms with Gasteiger partial charge in [0.05, 0.1) is 0 Å². The molecule has 2 saturated carbocycles. The topological polar surface area (TPSA) is 52.6 Å². The first-order valence-corrected chi connectivity index (χ1v) is 14.2. The van der Waals surface area contributed by atoms with E-state index in [9.17, 15) is 18.4 Å². The number of halogens is 2. The lowest BCUT2D eigenvalue weighted by molar-refractivity contribution is -0.157. The van der Waals surface area contributed by atoms with E-state index in [-0.39, 0.29) is 25.0 Å². The lowest BCUT2D eigenvalue weighted by atomic mass is 9.80. The SMILES string of the molecule is CCCCC(F)C(=O)OC1CCC(c2ccc(C3CCC(OC(=O)C(F)CCCC)CC3)cc2)CC1. The average molecular weight is 507 g/mol. The van der Waals surface area contributed by atoms with Gasteiger partial charge in [-0.1, -0.05) is 63.8 Å². The first kappa shape index (κ1) is 28.6. The summed E-state index contributed by atoms with van der Waals surface area (Å²) >= 11 is 0. The Hall–Kier alpha value is -1.98. The van der Waals surface area contributed by atoms with Crippen LogP contribution >= 0.6 is 0 Å². The smallest absolute Gasteiger partial charge is 0.340 e. The third kappa shape index (κ3) is 8.55. The zero-order chi connectivity index (χ0) is 25.9. The number of hydrogen-bond donors (Lipinski definition) is 0. The van der Waals surface area contributed by atoms with E-state index in [1.165, 1.54) is 11.1 Å². The Morgan fingerprint density at radius 3 is 1.33 bits per heavy atom. The largest absolute Gasteiger partial charge is 0.460 e. The van der Waals surface area contributed by atoms with Crippen molar-refractivity contribution in [3.63, 3.8) is 0 Å². The number of unbranched alkanes of at least 4 members (excludes halogenated alkanes) is 2. The van der Waals surface area contributed by atoms with Gasteiger partial charge in [0.15, 0.2) is 12.3 Å². The predicted molar refractivity (Wildman–Crippen MR) is 137 cm³/mol. The first-order chi connectivity index (χ1) is 17.4. The van der Waals surface area contributed by atoms with Gasteiger partial charge in [0.2, 0.25) is 0 Å². The van der Waals surface area contributed by atoms with Gasteiger partial charge < -0.3 is 9.47 Å². The lowest BCUT2D eigenvalue weighted by Gasteiger charge is -2.30. The molecule has 2 aliphatic carbocycles. The number of benzene rings is 1. The molecule has 0 radical (unpaired) electrons. The Labute approximate surface area is 215 Å². The van der Waals surface area contributed by atoms with Crippen molar-refractivity contribution in [2.45, 2.75) is 140 Å². The van der Waals surface area contributed by atoms with Crippen LogP contribution in [0.15, 0.2) is 24.3 Å². The Morgan fingerprint density at radius 2 is 1.03 bits per heavy atom. The standard InChI is InChI=1S/C30H44F2O4/c1-3-5-7-27(31)29(33)35-25-17-13-23(14-18-25)21-9-11-22(12-10-21)24-15-19-26(20-16-24)36-30(34)28(32)8-6-4-2/h9-12,23-28H,3-8,13-20H2,1-2H3. The Balaban J connectivity index is 1.40. The number of ether oxygens (including phenoxy) is 2. The van der Waals surface area contributed by atoms with E-state index in [0.717, 1.165) is 64.2 Å². The molecule has 2 fully saturated rings. The van der Waals surface area contributed by atoms with Crippen LogP contribution in [0.1, 0.15) is 127 Å². The molecule has 202 valence electrons. The van der Waals surface area contributed by atoms with Crippen molar-refractivity contribution in [3.05, 3.63) is 35.4 Å². The molecule has 0 heterocycles. The van der Waals surface area contributed by atoms with Gasteiger partial charge in [-0.15, -0.1) is 0 Å². The Bertz CT molecular complexity index is 729. The van der Waals surface area contributed by atoms with Crippen LogP contribution in [0, 0.1) is 0 Å². The van der Waals surface area contributed by atoms with Crippen LogP contribution in [0.5, 0.6) is 0 Å². The minimum Gasteiger partial charge on any atom is -0.460 e. The lowest BCUT2D eigenvalue weighted by Crippen LogP contribution is -2.28. The molecule has 0 aliphatic heterocycles. The normalized spacial score (nSPS) is 26.1. The van der Waals surface area contributed by atoms with Gasteiger partial charge >= 0.3 is 11.9 Å². The van der Waals surface area contributed by atoms with E-state index in [1.54, 1.807) is 0 Å². The van der Waals surface area contributed by atoms with Crippen molar-refractivity contribution in [3.8, 4) is 0 Å². The zero-order valence-corrected chi connectivity index (χ0v) is 22.1. The second kappa shape index (κ2) is 14.7. The summed E-state index contributed by atoms with van der Waals surface area (Å²) in [5, 5.41) is 0. The highest BCUT2D eigenvalue weighted by Gasteiger charge is 2.29. The van der Waals surface area contributed by atoms with Crippen LogP contribution in [0.2, 0.25) is 0 Å². The van der Waals surface area contributed by atoms with E-state index < -0.39 is 24.3 Å². The molecule has 0 N–H and O–H groups in total. The van der Waals surface area contributed by atoms with E-state index in [2.05, 4.69) is 24.3 Å². The molecule has 1 aromatic carbocycles. The second-order valence-electron chi connectivity index (χ2n) is 10.7. The molecule has 0 spiro atoms. The summed E-state index contributed by atoms with van der Waals surface area (Å²) in [6.07, 6.45) is 7.17. The second-order valence-corrected chi connectivity index (χ2v) is 10.7. The summed E-state index contributed by atoms with van der Waals surface area (Å²) in [7, 11) is 0. The monoisotopic (exact) mass is 506 g/mol. The molecule has 0 amide bonds. The van der Waals surface area contributed by atoms with Gasteiger partial charge in [0.1, 0.15) is 12.2 Å².